The summed E-state index contributed by atoms with van der Waals surface area (Å²) < 4.78 is 11.0. The van der Waals surface area contributed by atoms with Crippen LogP contribution in [0.15, 0.2) is 84.9 Å². The summed E-state index contributed by atoms with van der Waals surface area (Å²) in [5.74, 6) is 0.395. The zero-order valence-corrected chi connectivity index (χ0v) is 18.1. The number of amides is 1. The lowest BCUT2D eigenvalue weighted by atomic mass is 10.1. The number of hydrogen-bond donors (Lipinski definition) is 1. The molecule has 0 radical (unpaired) electrons. The van der Waals surface area contributed by atoms with Gasteiger partial charge in [-0.1, -0.05) is 65.9 Å². The van der Waals surface area contributed by atoms with E-state index in [1.165, 1.54) is 0 Å². The second-order valence-electron chi connectivity index (χ2n) is 6.68. The topological polar surface area (TPSA) is 77.5 Å². The lowest BCUT2D eigenvalue weighted by Crippen LogP contribution is -2.11. The molecule has 6 nitrogen and oxygen atoms in total. The molecule has 1 aromatic heterocycles. The van der Waals surface area contributed by atoms with E-state index < -0.39 is 5.97 Å². The molecule has 1 amide bonds. The van der Waals surface area contributed by atoms with Crippen LogP contribution >= 0.6 is 11.3 Å². The summed E-state index contributed by atoms with van der Waals surface area (Å²) in [6.07, 6.45) is 0. The van der Waals surface area contributed by atoms with Crippen LogP contribution in [0.1, 0.15) is 27.0 Å². The van der Waals surface area contributed by atoms with Crippen molar-refractivity contribution in [1.29, 1.82) is 0 Å². The first-order valence-electron chi connectivity index (χ1n) is 10.0. The van der Waals surface area contributed by atoms with Crippen LogP contribution in [0.3, 0.4) is 0 Å². The fraction of sp³-hybridized carbons (Fsp3) is 0.0800. The Bertz CT molecular complexity index is 1220. The summed E-state index contributed by atoms with van der Waals surface area (Å²) in [6.45, 7) is 2.00. The largest absolute Gasteiger partial charge is 0.462 e. The van der Waals surface area contributed by atoms with Crippen LogP contribution in [-0.4, -0.2) is 23.5 Å². The van der Waals surface area contributed by atoms with Crippen molar-refractivity contribution in [2.45, 2.75) is 6.92 Å². The minimum Gasteiger partial charge on any atom is -0.462 e. The molecule has 32 heavy (non-hydrogen) atoms. The van der Waals surface area contributed by atoms with Gasteiger partial charge in [-0.25, -0.2) is 9.78 Å². The Balaban J connectivity index is 1.57. The molecule has 0 bridgehead atoms. The number of anilines is 1. The third-order valence-corrected chi connectivity index (χ3v) is 5.38. The van der Waals surface area contributed by atoms with E-state index in [2.05, 4.69) is 10.3 Å². The maximum Gasteiger partial charge on any atom is 0.350 e. The quantitative estimate of drug-likeness (QED) is 0.352. The number of carbonyl (C=O) groups is 2. The summed E-state index contributed by atoms with van der Waals surface area (Å²) in [6, 6.07) is 25.5. The van der Waals surface area contributed by atoms with Gasteiger partial charge in [-0.3, -0.25) is 10.1 Å². The normalized spacial score (nSPS) is 10.4. The maximum atomic E-state index is 12.9. The van der Waals surface area contributed by atoms with Gasteiger partial charge in [0.1, 0.15) is 16.4 Å². The van der Waals surface area contributed by atoms with Crippen LogP contribution in [0, 0.1) is 0 Å². The highest BCUT2D eigenvalue weighted by atomic mass is 32.1. The van der Waals surface area contributed by atoms with E-state index in [0.717, 1.165) is 16.9 Å². The number of thiazole rings is 1. The Labute approximate surface area is 189 Å². The molecule has 0 aliphatic heterocycles. The summed E-state index contributed by atoms with van der Waals surface area (Å²) in [4.78, 5) is 30.1. The molecule has 3 aromatic carbocycles. The van der Waals surface area contributed by atoms with Gasteiger partial charge in [-0.15, -0.1) is 0 Å². The molecule has 4 rings (SSSR count). The maximum absolute atomic E-state index is 12.9. The molecule has 0 unspecified atom stereocenters. The predicted octanol–water partition coefficient (Wildman–Crippen LogP) is 6.03. The lowest BCUT2D eigenvalue weighted by Gasteiger charge is -2.07. The van der Waals surface area contributed by atoms with Crippen molar-refractivity contribution in [3.63, 3.8) is 0 Å². The number of carbonyl (C=O) groups excluding carboxylic acids is 2. The zero-order valence-electron chi connectivity index (χ0n) is 17.3. The van der Waals surface area contributed by atoms with Gasteiger partial charge in [0.05, 0.1) is 12.3 Å². The summed E-state index contributed by atoms with van der Waals surface area (Å²) in [7, 11) is 0. The van der Waals surface area contributed by atoms with E-state index in [1.54, 1.807) is 31.2 Å². The molecular formula is C25H20N2O4S. The van der Waals surface area contributed by atoms with Crippen LogP contribution in [0.25, 0.3) is 11.3 Å². The van der Waals surface area contributed by atoms with Crippen molar-refractivity contribution in [1.82, 2.24) is 4.98 Å². The second kappa shape index (κ2) is 9.89. The number of benzene rings is 3. The summed E-state index contributed by atoms with van der Waals surface area (Å²) >= 11 is 1.08. The van der Waals surface area contributed by atoms with Gasteiger partial charge >= 0.3 is 5.97 Å². The Morgan fingerprint density at radius 1 is 0.906 bits per heavy atom. The average molecular weight is 445 g/mol. The zero-order chi connectivity index (χ0) is 22.3. The van der Waals surface area contributed by atoms with Gasteiger partial charge in [0.15, 0.2) is 5.13 Å². The van der Waals surface area contributed by atoms with Gasteiger partial charge in [-0.2, -0.15) is 0 Å². The number of hydrogen-bond acceptors (Lipinski definition) is 6. The van der Waals surface area contributed by atoms with E-state index in [4.69, 9.17) is 9.47 Å². The minimum atomic E-state index is -0.470. The van der Waals surface area contributed by atoms with Crippen LogP contribution in [0.4, 0.5) is 5.13 Å². The van der Waals surface area contributed by atoms with E-state index in [0.29, 0.717) is 32.8 Å². The average Bonchev–Trinajstić information content (AvgIpc) is 3.24. The molecule has 0 aliphatic carbocycles. The molecule has 0 saturated carbocycles. The Kier molecular flexibility index (Phi) is 6.57. The first-order chi connectivity index (χ1) is 15.6. The molecular weight excluding hydrogens is 424 g/mol. The number of ether oxygens (including phenoxy) is 2. The monoisotopic (exact) mass is 444 g/mol. The van der Waals surface area contributed by atoms with E-state index in [1.807, 2.05) is 60.7 Å². The summed E-state index contributed by atoms with van der Waals surface area (Å²) in [5.41, 5.74) is 1.66. The number of aromatic nitrogens is 1. The second-order valence-corrected chi connectivity index (χ2v) is 7.68. The van der Waals surface area contributed by atoms with Crippen molar-refractivity contribution >= 4 is 28.3 Å². The number of nitrogens with one attached hydrogen (secondary N) is 1. The number of esters is 1. The predicted molar refractivity (Wildman–Crippen MR) is 124 cm³/mol. The van der Waals surface area contributed by atoms with Crippen LogP contribution < -0.4 is 10.1 Å². The van der Waals surface area contributed by atoms with Crippen molar-refractivity contribution in [2.75, 3.05) is 11.9 Å². The van der Waals surface area contributed by atoms with Crippen LogP contribution in [0.5, 0.6) is 11.5 Å². The van der Waals surface area contributed by atoms with Crippen molar-refractivity contribution in [3.8, 4) is 22.8 Å². The van der Waals surface area contributed by atoms with Gasteiger partial charge in [-0.05, 0) is 37.3 Å². The molecule has 1 heterocycles. The number of para-hydroxylation sites is 1. The van der Waals surface area contributed by atoms with Gasteiger partial charge in [0.2, 0.25) is 0 Å². The molecule has 7 heteroatoms. The molecule has 160 valence electrons. The molecule has 0 saturated heterocycles. The van der Waals surface area contributed by atoms with Crippen LogP contribution in [0.2, 0.25) is 0 Å². The molecule has 4 aromatic rings. The molecule has 0 fully saturated rings. The highest BCUT2D eigenvalue weighted by Crippen LogP contribution is 2.32. The number of nitrogens with zero attached hydrogens (tertiary/aromatic N) is 1. The highest BCUT2D eigenvalue weighted by Gasteiger charge is 2.22. The highest BCUT2D eigenvalue weighted by molar-refractivity contribution is 7.18. The van der Waals surface area contributed by atoms with E-state index in [9.17, 15) is 9.59 Å². The minimum absolute atomic E-state index is 0.251. The first kappa shape index (κ1) is 21.3. The third-order valence-electron chi connectivity index (χ3n) is 4.43. The lowest BCUT2D eigenvalue weighted by molar-refractivity contribution is 0.0532. The van der Waals surface area contributed by atoms with E-state index in [-0.39, 0.29) is 12.5 Å². The first-order valence-corrected chi connectivity index (χ1v) is 10.8. The van der Waals surface area contributed by atoms with E-state index >= 15 is 0 Å². The Morgan fingerprint density at radius 3 is 2.31 bits per heavy atom. The van der Waals surface area contributed by atoms with Gasteiger partial charge in [0, 0.05) is 11.1 Å². The smallest absolute Gasteiger partial charge is 0.350 e. The van der Waals surface area contributed by atoms with Crippen molar-refractivity contribution in [2.24, 2.45) is 0 Å². The fourth-order valence-corrected chi connectivity index (χ4v) is 3.87. The van der Waals surface area contributed by atoms with Crippen molar-refractivity contribution in [3.05, 3.63) is 95.4 Å². The third kappa shape index (κ3) is 5.01. The standard InChI is InChI=1S/C25H20N2O4S/c1-2-30-24(29)22-21(17-10-5-3-6-11-17)26-25(32-22)27-23(28)18-12-9-15-20(16-18)31-19-13-7-4-8-14-19/h3-16H,2H2,1H3,(H,26,27,28). The van der Waals surface area contributed by atoms with Crippen molar-refractivity contribution < 1.29 is 19.1 Å². The van der Waals surface area contributed by atoms with Crippen LogP contribution in [-0.2, 0) is 4.74 Å². The SMILES string of the molecule is CCOC(=O)c1sc(NC(=O)c2cccc(Oc3ccccc3)c2)nc1-c1ccccc1. The fourth-order valence-electron chi connectivity index (χ4n) is 3.00. The molecule has 0 spiro atoms. The molecule has 1 N–H and O–H groups in total. The molecule has 0 aliphatic rings. The molecule has 0 atom stereocenters. The summed E-state index contributed by atoms with van der Waals surface area (Å²) in [5, 5.41) is 3.09. The Morgan fingerprint density at radius 2 is 1.59 bits per heavy atom. The van der Waals surface area contributed by atoms with Gasteiger partial charge in [0.25, 0.3) is 5.91 Å². The Hall–Kier alpha value is -3.97. The van der Waals surface area contributed by atoms with Gasteiger partial charge < -0.3 is 9.47 Å². The number of rotatable bonds is 7.